The first-order chi connectivity index (χ1) is 10.1. The van der Waals surface area contributed by atoms with E-state index in [9.17, 15) is 4.79 Å². The highest BCUT2D eigenvalue weighted by atomic mass is 35.5. The lowest BCUT2D eigenvalue weighted by atomic mass is 10.2. The molecule has 0 unspecified atom stereocenters. The van der Waals surface area contributed by atoms with Crippen LogP contribution >= 0.6 is 11.6 Å². The zero-order valence-corrected chi connectivity index (χ0v) is 12.0. The van der Waals surface area contributed by atoms with E-state index in [-0.39, 0.29) is 6.61 Å². The maximum Gasteiger partial charge on any atom is 0.331 e. The van der Waals surface area contributed by atoms with Crippen molar-refractivity contribution in [1.82, 2.24) is 9.78 Å². The number of hydrogen-bond donors (Lipinski definition) is 0. The molecule has 6 heteroatoms. The third-order valence-corrected chi connectivity index (χ3v) is 3.08. The van der Waals surface area contributed by atoms with E-state index in [0.717, 1.165) is 5.69 Å². The Labute approximate surface area is 127 Å². The molecule has 1 heterocycles. The van der Waals surface area contributed by atoms with Gasteiger partial charge >= 0.3 is 5.97 Å². The topological polar surface area (TPSA) is 67.9 Å². The summed E-state index contributed by atoms with van der Waals surface area (Å²) in [6.45, 7) is 1.52. The number of rotatable bonds is 4. The summed E-state index contributed by atoms with van der Waals surface area (Å²) >= 11 is 6.30. The van der Waals surface area contributed by atoms with Crippen LogP contribution in [0.5, 0.6) is 0 Å². The number of nitrogens with zero attached hydrogens (tertiary/aromatic N) is 3. The van der Waals surface area contributed by atoms with Gasteiger partial charge < -0.3 is 4.74 Å². The normalized spacial score (nSPS) is 10.5. The van der Waals surface area contributed by atoms with Crippen molar-refractivity contribution in [2.24, 2.45) is 0 Å². The Kier molecular flexibility index (Phi) is 4.75. The van der Waals surface area contributed by atoms with Gasteiger partial charge in [0.15, 0.2) is 6.61 Å². The van der Waals surface area contributed by atoms with E-state index in [1.54, 1.807) is 17.7 Å². The maximum atomic E-state index is 11.3. The molecule has 21 heavy (non-hydrogen) atoms. The van der Waals surface area contributed by atoms with Crippen LogP contribution in [0.2, 0.25) is 5.15 Å². The van der Waals surface area contributed by atoms with Gasteiger partial charge in [0, 0.05) is 11.6 Å². The predicted molar refractivity (Wildman–Crippen MR) is 78.9 cm³/mol. The summed E-state index contributed by atoms with van der Waals surface area (Å²) in [6, 6.07) is 11.2. The molecule has 0 aliphatic heterocycles. The lowest BCUT2D eigenvalue weighted by Gasteiger charge is -2.01. The number of carbonyl (C=O) groups excluding carboxylic acids is 1. The first kappa shape index (κ1) is 14.8. The summed E-state index contributed by atoms with van der Waals surface area (Å²) in [5.41, 5.74) is 2.15. The van der Waals surface area contributed by atoms with Crippen molar-refractivity contribution >= 4 is 23.6 Å². The van der Waals surface area contributed by atoms with Crippen LogP contribution in [0.4, 0.5) is 0 Å². The standard InChI is InChI=1S/C15H12ClN3O2/c1-11-13(7-8-14(20)21-10-9-17)15(16)19(18-11)12-5-3-2-4-6-12/h2-8H,10H2,1H3/b8-7+. The largest absolute Gasteiger partial charge is 0.447 e. The fourth-order valence-electron chi connectivity index (χ4n) is 1.74. The molecule has 2 aromatic rings. The highest BCUT2D eigenvalue weighted by Gasteiger charge is 2.12. The number of carbonyl (C=O) groups is 1. The molecule has 106 valence electrons. The third-order valence-electron chi connectivity index (χ3n) is 2.71. The molecule has 0 saturated heterocycles. The summed E-state index contributed by atoms with van der Waals surface area (Å²) in [6.07, 6.45) is 2.76. The number of halogens is 1. The summed E-state index contributed by atoms with van der Waals surface area (Å²) in [7, 11) is 0. The van der Waals surface area contributed by atoms with E-state index in [1.807, 2.05) is 30.3 Å². The Morgan fingerprint density at radius 1 is 1.48 bits per heavy atom. The van der Waals surface area contributed by atoms with Crippen LogP contribution in [0.25, 0.3) is 11.8 Å². The van der Waals surface area contributed by atoms with Crippen molar-refractivity contribution in [3.8, 4) is 11.8 Å². The highest BCUT2D eigenvalue weighted by Crippen LogP contribution is 2.24. The first-order valence-electron chi connectivity index (χ1n) is 6.16. The average molecular weight is 302 g/mol. The lowest BCUT2D eigenvalue weighted by Crippen LogP contribution is -1.99. The van der Waals surface area contributed by atoms with Gasteiger partial charge in [-0.2, -0.15) is 10.4 Å². The molecule has 0 saturated carbocycles. The molecular weight excluding hydrogens is 290 g/mol. The minimum atomic E-state index is -0.598. The van der Waals surface area contributed by atoms with Crippen molar-refractivity contribution in [3.05, 3.63) is 52.8 Å². The maximum absolute atomic E-state index is 11.3. The van der Waals surface area contributed by atoms with Gasteiger partial charge in [-0.15, -0.1) is 0 Å². The van der Waals surface area contributed by atoms with E-state index >= 15 is 0 Å². The van der Waals surface area contributed by atoms with E-state index in [1.165, 1.54) is 12.2 Å². The number of ether oxygens (including phenoxy) is 1. The van der Waals surface area contributed by atoms with Crippen LogP contribution in [0.15, 0.2) is 36.4 Å². The van der Waals surface area contributed by atoms with Gasteiger partial charge in [-0.3, -0.25) is 0 Å². The summed E-state index contributed by atoms with van der Waals surface area (Å²) in [5, 5.41) is 13.1. The van der Waals surface area contributed by atoms with Crippen LogP contribution in [-0.2, 0) is 9.53 Å². The van der Waals surface area contributed by atoms with Crippen LogP contribution < -0.4 is 0 Å². The molecule has 0 N–H and O–H groups in total. The molecule has 0 aliphatic carbocycles. The smallest absolute Gasteiger partial charge is 0.331 e. The van der Waals surface area contributed by atoms with Crippen LogP contribution in [0.3, 0.4) is 0 Å². The fraction of sp³-hybridized carbons (Fsp3) is 0.133. The van der Waals surface area contributed by atoms with Crippen molar-refractivity contribution in [3.63, 3.8) is 0 Å². The van der Waals surface area contributed by atoms with Crippen LogP contribution in [-0.4, -0.2) is 22.4 Å². The number of aryl methyl sites for hydroxylation is 1. The molecule has 5 nitrogen and oxygen atoms in total. The molecule has 1 aromatic carbocycles. The van der Waals surface area contributed by atoms with Crippen LogP contribution in [0.1, 0.15) is 11.3 Å². The summed E-state index contributed by atoms with van der Waals surface area (Å²) < 4.78 is 6.22. The number of esters is 1. The third kappa shape index (κ3) is 3.50. The molecule has 0 radical (unpaired) electrons. The highest BCUT2D eigenvalue weighted by molar-refractivity contribution is 6.31. The van der Waals surface area contributed by atoms with Gasteiger partial charge in [0.05, 0.1) is 11.4 Å². The van der Waals surface area contributed by atoms with Crippen molar-refractivity contribution in [2.45, 2.75) is 6.92 Å². The van der Waals surface area contributed by atoms with E-state index in [4.69, 9.17) is 16.9 Å². The lowest BCUT2D eigenvalue weighted by molar-refractivity contribution is -0.136. The molecule has 2 rings (SSSR count). The minimum absolute atomic E-state index is 0.279. The van der Waals surface area contributed by atoms with Crippen molar-refractivity contribution in [2.75, 3.05) is 6.61 Å². The predicted octanol–water partition coefficient (Wildman–Crippen LogP) is 2.91. The Morgan fingerprint density at radius 3 is 2.86 bits per heavy atom. The Morgan fingerprint density at radius 2 is 2.19 bits per heavy atom. The Balaban J connectivity index is 2.27. The minimum Gasteiger partial charge on any atom is -0.447 e. The molecule has 1 aromatic heterocycles. The number of benzene rings is 1. The zero-order valence-electron chi connectivity index (χ0n) is 11.3. The average Bonchev–Trinajstić information content (AvgIpc) is 2.79. The molecular formula is C15H12ClN3O2. The molecule has 0 aliphatic rings. The number of nitriles is 1. The van der Waals surface area contributed by atoms with Crippen molar-refractivity contribution < 1.29 is 9.53 Å². The summed E-state index contributed by atoms with van der Waals surface area (Å²) in [4.78, 5) is 11.3. The second kappa shape index (κ2) is 6.73. The Bertz CT molecular complexity index is 715. The second-order valence-electron chi connectivity index (χ2n) is 4.14. The zero-order chi connectivity index (χ0) is 15.2. The second-order valence-corrected chi connectivity index (χ2v) is 4.49. The van der Waals surface area contributed by atoms with Crippen LogP contribution in [0, 0.1) is 18.3 Å². The molecule has 0 fully saturated rings. The summed E-state index contributed by atoms with van der Waals surface area (Å²) in [5.74, 6) is -0.598. The van der Waals surface area contributed by atoms with E-state index in [0.29, 0.717) is 16.4 Å². The SMILES string of the molecule is Cc1nn(-c2ccccc2)c(Cl)c1/C=C/C(=O)OCC#N. The van der Waals surface area contributed by atoms with Crippen molar-refractivity contribution in [1.29, 1.82) is 5.26 Å². The van der Waals surface area contributed by atoms with Gasteiger partial charge in [-0.25, -0.2) is 9.48 Å². The number of para-hydroxylation sites is 1. The molecule has 0 atom stereocenters. The van der Waals surface area contributed by atoms with Gasteiger partial charge in [0.1, 0.15) is 11.2 Å². The van der Waals surface area contributed by atoms with Gasteiger partial charge in [0.2, 0.25) is 0 Å². The number of hydrogen-bond acceptors (Lipinski definition) is 4. The van der Waals surface area contributed by atoms with E-state index in [2.05, 4.69) is 9.84 Å². The molecule has 0 bridgehead atoms. The fourth-order valence-corrected chi connectivity index (χ4v) is 2.08. The first-order valence-corrected chi connectivity index (χ1v) is 6.53. The molecule has 0 spiro atoms. The van der Waals surface area contributed by atoms with E-state index < -0.39 is 5.97 Å². The number of aromatic nitrogens is 2. The quantitative estimate of drug-likeness (QED) is 0.643. The molecule has 0 amide bonds. The Hall–Kier alpha value is -2.58. The monoisotopic (exact) mass is 301 g/mol. The van der Waals surface area contributed by atoms with Gasteiger partial charge in [-0.05, 0) is 25.1 Å². The van der Waals surface area contributed by atoms with Gasteiger partial charge in [0.25, 0.3) is 0 Å². The van der Waals surface area contributed by atoms with Gasteiger partial charge in [-0.1, -0.05) is 29.8 Å².